The Labute approximate surface area is 183 Å². The fourth-order valence-corrected chi connectivity index (χ4v) is 6.03. The standard InChI is InChI=1S/C21H32FN3O3S2/c1-12(2)15-8-14(22)9-16(13(3)4)17(15)10-19(26)25-30(28,23-7)20-24-11-18(29-20)21(5,6)27/h8,11-14,27H,9-10H2,1-7H3,(H,23,25,26,28). The second kappa shape index (κ2) is 9.28. The van der Waals surface area contributed by atoms with Crippen molar-refractivity contribution in [2.75, 3.05) is 7.05 Å². The number of thiazole rings is 1. The predicted molar refractivity (Wildman–Crippen MR) is 119 cm³/mol. The van der Waals surface area contributed by atoms with Crippen molar-refractivity contribution in [3.05, 3.63) is 33.9 Å². The molecule has 0 aliphatic heterocycles. The highest BCUT2D eigenvalue weighted by molar-refractivity contribution is 7.94. The van der Waals surface area contributed by atoms with E-state index in [-0.39, 0.29) is 29.0 Å². The highest BCUT2D eigenvalue weighted by atomic mass is 32.2. The summed E-state index contributed by atoms with van der Waals surface area (Å²) in [5.41, 5.74) is 1.43. The van der Waals surface area contributed by atoms with Crippen LogP contribution in [0.15, 0.2) is 37.7 Å². The average Bonchev–Trinajstić information content (AvgIpc) is 3.13. The molecule has 0 radical (unpaired) electrons. The second-order valence-corrected chi connectivity index (χ2v) is 11.9. The predicted octanol–water partition coefficient (Wildman–Crippen LogP) is 4.53. The molecule has 2 N–H and O–H groups in total. The lowest BCUT2D eigenvalue weighted by Crippen LogP contribution is -2.31. The van der Waals surface area contributed by atoms with Crippen LogP contribution in [0.5, 0.6) is 0 Å². The number of hydrogen-bond acceptors (Lipinski definition) is 6. The number of amides is 1. The van der Waals surface area contributed by atoms with Crippen LogP contribution in [-0.2, 0) is 20.3 Å². The van der Waals surface area contributed by atoms with E-state index in [1.54, 1.807) is 19.9 Å². The number of alkyl halides is 1. The molecule has 1 aliphatic carbocycles. The summed E-state index contributed by atoms with van der Waals surface area (Å²) in [5, 5.41) is 10.1. The van der Waals surface area contributed by atoms with Gasteiger partial charge in [-0.15, -0.1) is 11.3 Å². The van der Waals surface area contributed by atoms with Crippen molar-refractivity contribution in [3.63, 3.8) is 0 Å². The first kappa shape index (κ1) is 24.7. The number of carbonyl (C=O) groups is 1. The van der Waals surface area contributed by atoms with Gasteiger partial charge in [-0.3, -0.25) is 9.52 Å². The summed E-state index contributed by atoms with van der Waals surface area (Å²) in [6.07, 6.45) is 2.25. The summed E-state index contributed by atoms with van der Waals surface area (Å²) in [6, 6.07) is 0. The zero-order chi connectivity index (χ0) is 22.9. The number of aliphatic hydroxyl groups is 1. The molecule has 0 spiro atoms. The number of halogens is 1. The van der Waals surface area contributed by atoms with E-state index >= 15 is 0 Å². The Kier molecular flexibility index (Phi) is 7.63. The summed E-state index contributed by atoms with van der Waals surface area (Å²) >= 11 is 1.05. The minimum Gasteiger partial charge on any atom is -0.385 e. The third-order valence-electron chi connectivity index (χ3n) is 5.00. The molecular weight excluding hydrogens is 425 g/mol. The molecule has 2 rings (SSSR count). The third kappa shape index (κ3) is 5.56. The fraction of sp³-hybridized carbons (Fsp3) is 0.619. The van der Waals surface area contributed by atoms with Crippen LogP contribution in [0.1, 0.15) is 59.3 Å². The monoisotopic (exact) mass is 457 g/mol. The van der Waals surface area contributed by atoms with E-state index in [0.717, 1.165) is 28.1 Å². The van der Waals surface area contributed by atoms with Gasteiger partial charge in [-0.05, 0) is 42.9 Å². The first-order chi connectivity index (χ1) is 13.8. The number of nitrogens with one attached hydrogen (secondary N) is 1. The number of hydrogen-bond donors (Lipinski definition) is 2. The minimum absolute atomic E-state index is 0.000478. The number of rotatable bonds is 7. The highest BCUT2D eigenvalue weighted by Gasteiger charge is 2.29. The molecule has 0 saturated carbocycles. The van der Waals surface area contributed by atoms with Crippen molar-refractivity contribution in [3.8, 4) is 0 Å². The first-order valence-electron chi connectivity index (χ1n) is 10.0. The van der Waals surface area contributed by atoms with E-state index in [2.05, 4.69) is 14.1 Å². The summed E-state index contributed by atoms with van der Waals surface area (Å²) in [7, 11) is -1.91. The van der Waals surface area contributed by atoms with Crippen LogP contribution in [0.3, 0.4) is 0 Å². The van der Waals surface area contributed by atoms with Gasteiger partial charge in [-0.2, -0.15) is 0 Å². The number of aromatic nitrogens is 1. The van der Waals surface area contributed by atoms with Gasteiger partial charge < -0.3 is 5.11 Å². The van der Waals surface area contributed by atoms with Gasteiger partial charge in [0.15, 0.2) is 9.92 Å². The highest BCUT2D eigenvalue weighted by Crippen LogP contribution is 2.37. The van der Waals surface area contributed by atoms with Crippen molar-refractivity contribution < 1.29 is 18.5 Å². The van der Waals surface area contributed by atoms with Gasteiger partial charge in [0.05, 0.1) is 16.9 Å². The maximum atomic E-state index is 14.3. The molecule has 1 aromatic heterocycles. The quantitative estimate of drug-likeness (QED) is 0.629. The summed E-state index contributed by atoms with van der Waals surface area (Å²) in [5.74, 6) is -0.293. The lowest BCUT2D eigenvalue weighted by atomic mass is 9.79. The number of allylic oxidation sites excluding steroid dienone is 3. The lowest BCUT2D eigenvalue weighted by Gasteiger charge is -2.28. The molecule has 1 aliphatic rings. The number of nitrogens with zero attached hydrogens (tertiary/aromatic N) is 2. The van der Waals surface area contributed by atoms with Gasteiger partial charge >= 0.3 is 0 Å². The maximum Gasteiger partial charge on any atom is 0.237 e. The van der Waals surface area contributed by atoms with Crippen LogP contribution in [0, 0.1) is 11.8 Å². The molecule has 1 aromatic rings. The molecule has 2 unspecified atom stereocenters. The van der Waals surface area contributed by atoms with Crippen molar-refractivity contribution in [1.82, 2.24) is 9.71 Å². The molecule has 30 heavy (non-hydrogen) atoms. The van der Waals surface area contributed by atoms with Crippen molar-refractivity contribution in [2.45, 2.75) is 70.5 Å². The largest absolute Gasteiger partial charge is 0.385 e. The Hall–Kier alpha value is -1.58. The first-order valence-corrected chi connectivity index (χ1v) is 12.3. The normalized spacial score (nSPS) is 19.7. The van der Waals surface area contributed by atoms with E-state index in [4.69, 9.17) is 0 Å². The van der Waals surface area contributed by atoms with Crippen LogP contribution in [0.25, 0.3) is 0 Å². The summed E-state index contributed by atoms with van der Waals surface area (Å²) in [4.78, 5) is 17.6. The van der Waals surface area contributed by atoms with Crippen LogP contribution < -0.4 is 4.72 Å². The van der Waals surface area contributed by atoms with E-state index in [0.29, 0.717) is 4.88 Å². The van der Waals surface area contributed by atoms with Gasteiger partial charge in [0, 0.05) is 19.7 Å². The van der Waals surface area contributed by atoms with Crippen molar-refractivity contribution in [1.29, 1.82) is 0 Å². The van der Waals surface area contributed by atoms with Gasteiger partial charge in [0.1, 0.15) is 6.17 Å². The summed E-state index contributed by atoms with van der Waals surface area (Å²) < 4.78 is 34.2. The molecule has 2 atom stereocenters. The Morgan fingerprint density at radius 1 is 1.40 bits per heavy atom. The molecule has 0 fully saturated rings. The average molecular weight is 458 g/mol. The Morgan fingerprint density at radius 3 is 2.50 bits per heavy atom. The minimum atomic E-state index is -3.28. The van der Waals surface area contributed by atoms with Crippen LogP contribution >= 0.6 is 11.3 Å². The van der Waals surface area contributed by atoms with E-state index in [1.165, 1.54) is 13.2 Å². The van der Waals surface area contributed by atoms with Crippen LogP contribution in [-0.4, -0.2) is 33.4 Å². The van der Waals surface area contributed by atoms with Crippen molar-refractivity contribution in [2.24, 2.45) is 16.2 Å². The van der Waals surface area contributed by atoms with Gasteiger partial charge in [0.2, 0.25) is 10.2 Å². The van der Waals surface area contributed by atoms with Gasteiger partial charge in [-0.1, -0.05) is 33.3 Å². The van der Waals surface area contributed by atoms with E-state index in [1.807, 2.05) is 27.7 Å². The van der Waals surface area contributed by atoms with E-state index in [9.17, 15) is 18.5 Å². The molecule has 6 nitrogen and oxygen atoms in total. The van der Waals surface area contributed by atoms with Crippen LogP contribution in [0.4, 0.5) is 4.39 Å². The molecule has 0 aromatic carbocycles. The number of carbonyl (C=O) groups excluding carboxylic acids is 1. The zero-order valence-corrected chi connectivity index (χ0v) is 20.3. The Morgan fingerprint density at radius 2 is 2.03 bits per heavy atom. The Bertz CT molecular complexity index is 978. The lowest BCUT2D eigenvalue weighted by molar-refractivity contribution is -0.118. The van der Waals surface area contributed by atoms with Gasteiger partial charge in [0.25, 0.3) is 0 Å². The second-order valence-electron chi connectivity index (χ2n) is 8.62. The third-order valence-corrected chi connectivity index (χ3v) is 8.63. The van der Waals surface area contributed by atoms with E-state index < -0.39 is 27.6 Å². The smallest absolute Gasteiger partial charge is 0.237 e. The van der Waals surface area contributed by atoms with Crippen LogP contribution in [0.2, 0.25) is 0 Å². The van der Waals surface area contributed by atoms with Gasteiger partial charge in [-0.25, -0.2) is 17.9 Å². The molecule has 9 heteroatoms. The zero-order valence-electron chi connectivity index (χ0n) is 18.7. The maximum absolute atomic E-state index is 14.3. The topological polar surface area (TPSA) is 91.7 Å². The van der Waals surface area contributed by atoms with Crippen molar-refractivity contribution >= 4 is 27.2 Å². The molecule has 1 amide bonds. The molecule has 0 saturated heterocycles. The molecule has 168 valence electrons. The Balaban J connectivity index is 2.33. The fourth-order valence-electron chi connectivity index (χ4n) is 3.40. The molecule has 0 bridgehead atoms. The molecule has 1 heterocycles. The SMILES string of the molecule is CN=S(=O)(NC(=O)CC1=C(C(C)C)CC(F)C=C1C(C)C)c1ncc(C(C)(C)O)s1. The molecular formula is C21H32FN3O3S2. The summed E-state index contributed by atoms with van der Waals surface area (Å²) in [6.45, 7) is 11.1.